The molecule has 0 aliphatic carbocycles. The monoisotopic (exact) mass is 160 g/mol. The fraction of sp³-hybridized carbons (Fsp3) is 1.00. The molecule has 0 amide bonds. The van der Waals surface area contributed by atoms with Crippen molar-refractivity contribution in [3.05, 3.63) is 0 Å². The predicted octanol–water partition coefficient (Wildman–Crippen LogP) is 0.686. The maximum absolute atomic E-state index is 12.6. The molecule has 2 N–H and O–H groups in total. The Morgan fingerprint density at radius 3 is 3.00 bits per heavy atom. The predicted molar refractivity (Wildman–Crippen MR) is 44.5 cm³/mol. The first-order chi connectivity index (χ1) is 5.33. The van der Waals surface area contributed by atoms with E-state index >= 15 is 0 Å². The van der Waals surface area contributed by atoms with E-state index in [1.807, 2.05) is 0 Å². The lowest BCUT2D eigenvalue weighted by molar-refractivity contribution is 0.354. The third kappa shape index (κ3) is 3.16. The van der Waals surface area contributed by atoms with E-state index in [0.29, 0.717) is 19.0 Å². The third-order valence-electron chi connectivity index (χ3n) is 1.99. The van der Waals surface area contributed by atoms with Crippen LogP contribution in [-0.2, 0) is 0 Å². The molecule has 1 aliphatic heterocycles. The largest absolute Gasteiger partial charge is 0.315 e. The Morgan fingerprint density at radius 2 is 2.45 bits per heavy atom. The van der Waals surface area contributed by atoms with Crippen molar-refractivity contribution < 1.29 is 4.39 Å². The molecular formula is C8H17FN2. The van der Waals surface area contributed by atoms with Gasteiger partial charge < -0.3 is 10.6 Å². The molecule has 1 rings (SSSR count). The number of rotatable bonds is 4. The lowest BCUT2D eigenvalue weighted by Gasteiger charge is -2.09. The second-order valence-electron chi connectivity index (χ2n) is 3.14. The van der Waals surface area contributed by atoms with E-state index < -0.39 is 6.17 Å². The van der Waals surface area contributed by atoms with Crippen molar-refractivity contribution in [3.63, 3.8) is 0 Å². The fourth-order valence-corrected chi connectivity index (χ4v) is 1.38. The summed E-state index contributed by atoms with van der Waals surface area (Å²) >= 11 is 0. The van der Waals surface area contributed by atoms with Gasteiger partial charge in [0.1, 0.15) is 6.17 Å². The van der Waals surface area contributed by atoms with Crippen LogP contribution in [0.25, 0.3) is 0 Å². The summed E-state index contributed by atoms with van der Waals surface area (Å²) < 4.78 is 12.6. The van der Waals surface area contributed by atoms with Crippen LogP contribution in [0.15, 0.2) is 0 Å². The van der Waals surface area contributed by atoms with Crippen molar-refractivity contribution >= 4 is 0 Å². The molecule has 0 aromatic heterocycles. The molecule has 1 saturated heterocycles. The molecule has 66 valence electrons. The summed E-state index contributed by atoms with van der Waals surface area (Å²) in [5.74, 6) is 0. The van der Waals surface area contributed by atoms with E-state index in [2.05, 4.69) is 17.6 Å². The van der Waals surface area contributed by atoms with Crippen LogP contribution in [0.1, 0.15) is 19.8 Å². The van der Waals surface area contributed by atoms with E-state index in [4.69, 9.17) is 0 Å². The highest BCUT2D eigenvalue weighted by Gasteiger charge is 2.22. The molecule has 3 heteroatoms. The summed E-state index contributed by atoms with van der Waals surface area (Å²) in [4.78, 5) is 0. The SMILES string of the molecule is CCCNCC1CC(F)CN1. The van der Waals surface area contributed by atoms with Crippen molar-refractivity contribution in [3.8, 4) is 0 Å². The van der Waals surface area contributed by atoms with Crippen LogP contribution in [-0.4, -0.2) is 31.8 Å². The molecule has 0 saturated carbocycles. The van der Waals surface area contributed by atoms with Gasteiger partial charge in [0.25, 0.3) is 0 Å². The van der Waals surface area contributed by atoms with Crippen molar-refractivity contribution in [2.45, 2.75) is 32.0 Å². The Bertz CT molecular complexity index is 108. The van der Waals surface area contributed by atoms with Gasteiger partial charge in [-0.1, -0.05) is 6.92 Å². The Balaban J connectivity index is 1.99. The van der Waals surface area contributed by atoms with Gasteiger partial charge in [0, 0.05) is 19.1 Å². The summed E-state index contributed by atoms with van der Waals surface area (Å²) in [5, 5.41) is 6.40. The summed E-state index contributed by atoms with van der Waals surface area (Å²) in [7, 11) is 0. The van der Waals surface area contributed by atoms with Crippen LogP contribution in [0, 0.1) is 0 Å². The minimum atomic E-state index is -0.622. The fourth-order valence-electron chi connectivity index (χ4n) is 1.38. The first-order valence-corrected chi connectivity index (χ1v) is 4.41. The molecule has 1 heterocycles. The molecule has 1 aliphatic rings. The number of nitrogens with one attached hydrogen (secondary N) is 2. The molecule has 0 radical (unpaired) electrons. The average molecular weight is 160 g/mol. The van der Waals surface area contributed by atoms with Gasteiger partial charge in [-0.25, -0.2) is 4.39 Å². The Kier molecular flexibility index (Phi) is 3.80. The standard InChI is InChI=1S/C8H17FN2/c1-2-3-10-6-8-4-7(9)5-11-8/h7-8,10-11H,2-6H2,1H3. The smallest absolute Gasteiger partial charge is 0.114 e. The Morgan fingerprint density at radius 1 is 1.64 bits per heavy atom. The second-order valence-corrected chi connectivity index (χ2v) is 3.14. The summed E-state index contributed by atoms with van der Waals surface area (Å²) in [6.45, 7) is 4.62. The number of halogens is 1. The average Bonchev–Trinajstić information content (AvgIpc) is 2.37. The summed E-state index contributed by atoms with van der Waals surface area (Å²) in [5.41, 5.74) is 0. The normalized spacial score (nSPS) is 31.1. The van der Waals surface area contributed by atoms with E-state index in [-0.39, 0.29) is 0 Å². The number of hydrogen-bond donors (Lipinski definition) is 2. The van der Waals surface area contributed by atoms with Gasteiger partial charge in [-0.05, 0) is 19.4 Å². The maximum Gasteiger partial charge on any atom is 0.114 e. The van der Waals surface area contributed by atoms with Crippen LogP contribution in [0.2, 0.25) is 0 Å². The molecule has 0 aromatic rings. The minimum Gasteiger partial charge on any atom is -0.315 e. The molecule has 2 nitrogen and oxygen atoms in total. The van der Waals surface area contributed by atoms with Crippen LogP contribution in [0.4, 0.5) is 4.39 Å². The van der Waals surface area contributed by atoms with Gasteiger partial charge in [0.2, 0.25) is 0 Å². The zero-order chi connectivity index (χ0) is 8.10. The zero-order valence-electron chi connectivity index (χ0n) is 7.07. The number of alkyl halides is 1. The van der Waals surface area contributed by atoms with Crippen LogP contribution < -0.4 is 10.6 Å². The second kappa shape index (κ2) is 4.67. The van der Waals surface area contributed by atoms with Crippen LogP contribution >= 0.6 is 0 Å². The van der Waals surface area contributed by atoms with E-state index in [1.165, 1.54) is 0 Å². The molecule has 2 unspecified atom stereocenters. The third-order valence-corrected chi connectivity index (χ3v) is 1.99. The molecule has 2 atom stereocenters. The molecule has 0 aromatic carbocycles. The highest BCUT2D eigenvalue weighted by molar-refractivity contribution is 4.82. The lowest BCUT2D eigenvalue weighted by atomic mass is 10.2. The number of hydrogen-bond acceptors (Lipinski definition) is 2. The Labute approximate surface area is 67.6 Å². The van der Waals surface area contributed by atoms with E-state index in [1.54, 1.807) is 0 Å². The van der Waals surface area contributed by atoms with Gasteiger partial charge in [-0.2, -0.15) is 0 Å². The van der Waals surface area contributed by atoms with Gasteiger partial charge in [0.05, 0.1) is 0 Å². The molecule has 1 fully saturated rings. The molecule has 0 bridgehead atoms. The minimum absolute atomic E-state index is 0.358. The molecular weight excluding hydrogens is 143 g/mol. The van der Waals surface area contributed by atoms with Gasteiger partial charge in [0.15, 0.2) is 0 Å². The van der Waals surface area contributed by atoms with Crippen LogP contribution in [0.3, 0.4) is 0 Å². The highest BCUT2D eigenvalue weighted by atomic mass is 19.1. The van der Waals surface area contributed by atoms with Crippen molar-refractivity contribution in [2.75, 3.05) is 19.6 Å². The van der Waals surface area contributed by atoms with E-state index in [0.717, 1.165) is 19.5 Å². The summed E-state index contributed by atoms with van der Waals surface area (Å²) in [6, 6.07) is 0.358. The quantitative estimate of drug-likeness (QED) is 0.591. The van der Waals surface area contributed by atoms with Gasteiger partial charge >= 0.3 is 0 Å². The van der Waals surface area contributed by atoms with Crippen molar-refractivity contribution in [1.29, 1.82) is 0 Å². The Hall–Kier alpha value is -0.150. The maximum atomic E-state index is 12.6. The van der Waals surface area contributed by atoms with Crippen LogP contribution in [0.5, 0.6) is 0 Å². The topological polar surface area (TPSA) is 24.1 Å². The summed E-state index contributed by atoms with van der Waals surface area (Å²) in [6.07, 6.45) is 1.20. The first-order valence-electron chi connectivity index (χ1n) is 4.41. The first kappa shape index (κ1) is 8.94. The van der Waals surface area contributed by atoms with Crippen molar-refractivity contribution in [1.82, 2.24) is 10.6 Å². The molecule has 11 heavy (non-hydrogen) atoms. The molecule has 0 spiro atoms. The van der Waals surface area contributed by atoms with Gasteiger partial charge in [-0.15, -0.1) is 0 Å². The van der Waals surface area contributed by atoms with Gasteiger partial charge in [-0.3, -0.25) is 0 Å². The highest BCUT2D eigenvalue weighted by Crippen LogP contribution is 2.08. The lowest BCUT2D eigenvalue weighted by Crippen LogP contribution is -2.34. The zero-order valence-corrected chi connectivity index (χ0v) is 7.07. The van der Waals surface area contributed by atoms with E-state index in [9.17, 15) is 4.39 Å². The van der Waals surface area contributed by atoms with Crippen molar-refractivity contribution in [2.24, 2.45) is 0 Å².